The Morgan fingerprint density at radius 2 is 1.94 bits per heavy atom. The van der Waals surface area contributed by atoms with E-state index in [0.717, 1.165) is 0 Å². The first-order valence-corrected chi connectivity index (χ1v) is 5.13. The number of amides is 1. The third kappa shape index (κ3) is 6.82. The Morgan fingerprint density at radius 3 is 2.31 bits per heavy atom. The Labute approximate surface area is 95.7 Å². The Balaban J connectivity index is 4.44. The minimum absolute atomic E-state index is 0.156. The zero-order valence-corrected chi connectivity index (χ0v) is 9.99. The third-order valence-electron chi connectivity index (χ3n) is 1.85. The topological polar surface area (TPSA) is 81.4 Å². The van der Waals surface area contributed by atoms with Crippen LogP contribution in [0.2, 0.25) is 0 Å². The molecule has 5 heteroatoms. The van der Waals surface area contributed by atoms with Crippen LogP contribution in [0.4, 0.5) is 0 Å². The lowest BCUT2D eigenvalue weighted by atomic mass is 9.91. The van der Waals surface area contributed by atoms with Gasteiger partial charge in [-0.25, -0.2) is 0 Å². The lowest BCUT2D eigenvalue weighted by Gasteiger charge is -2.24. The number of carboxylic acids is 1. The van der Waals surface area contributed by atoms with Crippen LogP contribution in [0, 0.1) is 16.7 Å². The molecule has 0 aliphatic carbocycles. The molecule has 0 rings (SSSR count). The maximum absolute atomic E-state index is 11.8. The molecule has 0 aromatic carbocycles. The monoisotopic (exact) mass is 226 g/mol. The summed E-state index contributed by atoms with van der Waals surface area (Å²) in [5.41, 5.74) is -0.180. The van der Waals surface area contributed by atoms with E-state index in [9.17, 15) is 9.59 Å². The zero-order chi connectivity index (χ0) is 12.8. The summed E-state index contributed by atoms with van der Waals surface area (Å²) >= 11 is 0. The molecule has 0 aromatic heterocycles. The molecule has 1 N–H and O–H groups in total. The van der Waals surface area contributed by atoms with E-state index in [1.807, 2.05) is 26.8 Å². The average molecular weight is 226 g/mol. The van der Waals surface area contributed by atoms with E-state index in [-0.39, 0.29) is 37.3 Å². The predicted octanol–water partition coefficient (Wildman–Crippen LogP) is 1.25. The molecule has 16 heavy (non-hydrogen) atoms. The predicted molar refractivity (Wildman–Crippen MR) is 58.5 cm³/mol. The molecule has 0 aliphatic rings. The van der Waals surface area contributed by atoms with E-state index in [1.54, 1.807) is 0 Å². The standard InChI is InChI=1S/C11H18N2O3/c1-11(2,3)7-9(14)13(6-4-5-12)8-10(15)16/h4,6-8H2,1-3H3,(H,15,16). The van der Waals surface area contributed by atoms with E-state index in [2.05, 4.69) is 0 Å². The molecule has 90 valence electrons. The van der Waals surface area contributed by atoms with Crippen molar-refractivity contribution in [2.45, 2.75) is 33.6 Å². The SMILES string of the molecule is CC(C)(C)CC(=O)N(CCC#N)CC(=O)O. The molecule has 0 bridgehead atoms. The van der Waals surface area contributed by atoms with Crippen molar-refractivity contribution >= 4 is 11.9 Å². The van der Waals surface area contributed by atoms with Crippen molar-refractivity contribution in [1.29, 1.82) is 5.26 Å². The van der Waals surface area contributed by atoms with Crippen LogP contribution in [0.15, 0.2) is 0 Å². The fourth-order valence-corrected chi connectivity index (χ4v) is 1.21. The molecule has 5 nitrogen and oxygen atoms in total. The Hall–Kier alpha value is -1.57. The van der Waals surface area contributed by atoms with Crippen molar-refractivity contribution < 1.29 is 14.7 Å². The first-order valence-electron chi connectivity index (χ1n) is 5.13. The number of nitriles is 1. The molecule has 0 aromatic rings. The maximum Gasteiger partial charge on any atom is 0.323 e. The van der Waals surface area contributed by atoms with Crippen LogP contribution in [0.25, 0.3) is 0 Å². The average Bonchev–Trinajstić information content (AvgIpc) is 2.08. The van der Waals surface area contributed by atoms with Crippen LogP contribution in [-0.2, 0) is 9.59 Å². The summed E-state index contributed by atoms with van der Waals surface area (Å²) in [6.45, 7) is 5.57. The summed E-state index contributed by atoms with van der Waals surface area (Å²) in [4.78, 5) is 23.5. The molecule has 0 saturated carbocycles. The number of rotatable bonds is 5. The van der Waals surface area contributed by atoms with Gasteiger partial charge in [-0.1, -0.05) is 20.8 Å². The highest BCUT2D eigenvalue weighted by atomic mass is 16.4. The van der Waals surface area contributed by atoms with E-state index >= 15 is 0 Å². The molecule has 0 radical (unpaired) electrons. The lowest BCUT2D eigenvalue weighted by Crippen LogP contribution is -2.38. The molecule has 0 saturated heterocycles. The minimum atomic E-state index is -1.06. The van der Waals surface area contributed by atoms with Crippen LogP contribution >= 0.6 is 0 Å². The molecular formula is C11H18N2O3. The number of aliphatic carboxylic acids is 1. The number of nitrogens with zero attached hydrogens (tertiary/aromatic N) is 2. The van der Waals surface area contributed by atoms with Crippen molar-refractivity contribution in [2.24, 2.45) is 5.41 Å². The fourth-order valence-electron chi connectivity index (χ4n) is 1.21. The number of hydrogen-bond acceptors (Lipinski definition) is 3. The summed E-state index contributed by atoms with van der Waals surface area (Å²) in [5, 5.41) is 17.1. The van der Waals surface area contributed by atoms with Gasteiger partial charge in [-0.2, -0.15) is 5.26 Å². The first-order chi connectivity index (χ1) is 7.26. The van der Waals surface area contributed by atoms with Gasteiger partial charge in [0.25, 0.3) is 0 Å². The molecule has 0 aliphatic heterocycles. The molecule has 1 amide bonds. The van der Waals surface area contributed by atoms with Crippen molar-refractivity contribution in [2.75, 3.05) is 13.1 Å². The Bertz CT molecular complexity index is 299. The molecular weight excluding hydrogens is 208 g/mol. The number of carbonyl (C=O) groups excluding carboxylic acids is 1. The van der Waals surface area contributed by atoms with Crippen LogP contribution in [0.5, 0.6) is 0 Å². The Kier molecular flexibility index (Phi) is 5.51. The molecule has 0 unspecified atom stereocenters. The lowest BCUT2D eigenvalue weighted by molar-refractivity contribution is -0.145. The van der Waals surface area contributed by atoms with Crippen LogP contribution in [0.3, 0.4) is 0 Å². The molecule has 0 fully saturated rings. The highest BCUT2D eigenvalue weighted by Gasteiger charge is 2.22. The number of carboxylic acid groups (broad SMARTS) is 1. The van der Waals surface area contributed by atoms with Crippen molar-refractivity contribution in [3.8, 4) is 6.07 Å². The summed E-state index contributed by atoms with van der Waals surface area (Å²) < 4.78 is 0. The van der Waals surface area contributed by atoms with Crippen molar-refractivity contribution in [3.05, 3.63) is 0 Å². The maximum atomic E-state index is 11.8. The summed E-state index contributed by atoms with van der Waals surface area (Å²) in [7, 11) is 0. The highest BCUT2D eigenvalue weighted by Crippen LogP contribution is 2.19. The normalized spacial score (nSPS) is 10.6. The fraction of sp³-hybridized carbons (Fsp3) is 0.727. The van der Waals surface area contributed by atoms with Crippen LogP contribution in [0.1, 0.15) is 33.6 Å². The van der Waals surface area contributed by atoms with Gasteiger partial charge in [0, 0.05) is 13.0 Å². The smallest absolute Gasteiger partial charge is 0.323 e. The van der Waals surface area contributed by atoms with Gasteiger partial charge in [-0.15, -0.1) is 0 Å². The van der Waals surface area contributed by atoms with Gasteiger partial charge in [0.05, 0.1) is 12.5 Å². The van der Waals surface area contributed by atoms with E-state index in [1.165, 1.54) is 4.90 Å². The van der Waals surface area contributed by atoms with E-state index in [0.29, 0.717) is 0 Å². The van der Waals surface area contributed by atoms with Gasteiger partial charge in [0.2, 0.25) is 5.91 Å². The van der Waals surface area contributed by atoms with Gasteiger partial charge in [0.15, 0.2) is 0 Å². The van der Waals surface area contributed by atoms with Gasteiger partial charge in [0.1, 0.15) is 6.54 Å². The van der Waals surface area contributed by atoms with Crippen LogP contribution < -0.4 is 0 Å². The van der Waals surface area contributed by atoms with Crippen LogP contribution in [-0.4, -0.2) is 35.0 Å². The molecule has 0 heterocycles. The second-order valence-corrected chi connectivity index (χ2v) is 4.85. The summed E-state index contributed by atoms with van der Waals surface area (Å²) in [5.74, 6) is -1.27. The summed E-state index contributed by atoms with van der Waals surface area (Å²) in [6, 6.07) is 1.90. The van der Waals surface area contributed by atoms with Crippen molar-refractivity contribution in [1.82, 2.24) is 4.90 Å². The van der Waals surface area contributed by atoms with Gasteiger partial charge >= 0.3 is 5.97 Å². The highest BCUT2D eigenvalue weighted by molar-refractivity contribution is 5.81. The van der Waals surface area contributed by atoms with Gasteiger partial charge in [-0.05, 0) is 5.41 Å². The third-order valence-corrected chi connectivity index (χ3v) is 1.85. The summed E-state index contributed by atoms with van der Waals surface area (Å²) in [6.07, 6.45) is 0.439. The second kappa shape index (κ2) is 6.11. The zero-order valence-electron chi connectivity index (χ0n) is 9.99. The second-order valence-electron chi connectivity index (χ2n) is 4.85. The molecule has 0 spiro atoms. The Morgan fingerprint density at radius 1 is 1.38 bits per heavy atom. The van der Waals surface area contributed by atoms with E-state index in [4.69, 9.17) is 10.4 Å². The van der Waals surface area contributed by atoms with Gasteiger partial charge < -0.3 is 10.0 Å². The van der Waals surface area contributed by atoms with Gasteiger partial charge in [-0.3, -0.25) is 9.59 Å². The van der Waals surface area contributed by atoms with E-state index < -0.39 is 5.97 Å². The number of carbonyl (C=O) groups is 2. The molecule has 0 atom stereocenters. The minimum Gasteiger partial charge on any atom is -0.480 e. The van der Waals surface area contributed by atoms with Crippen molar-refractivity contribution in [3.63, 3.8) is 0 Å². The quantitative estimate of drug-likeness (QED) is 0.764. The first kappa shape index (κ1) is 14.4. The largest absolute Gasteiger partial charge is 0.480 e. The number of hydrogen-bond donors (Lipinski definition) is 1.